The van der Waals surface area contributed by atoms with E-state index in [1.54, 1.807) is 23.9 Å². The average molecular weight is 398 g/mol. The maximum Gasteiger partial charge on any atom is 0.278 e. The summed E-state index contributed by atoms with van der Waals surface area (Å²) in [6.45, 7) is 6.59. The molecule has 3 aromatic heterocycles. The summed E-state index contributed by atoms with van der Waals surface area (Å²) in [5.74, 6) is -0.0153. The van der Waals surface area contributed by atoms with E-state index in [1.165, 1.54) is 9.30 Å². The van der Waals surface area contributed by atoms with Crippen molar-refractivity contribution in [2.45, 2.75) is 13.5 Å². The SMILES string of the molecule is CNC(=O)c1cc2c(=O)n3cc(C)ccc3nc2[n+](CC[NH+]2CCOCC2)c1N. The molecule has 1 fully saturated rings. The number of nitrogens with zero attached hydrogens (tertiary/aromatic N) is 3. The molecule has 152 valence electrons. The van der Waals surface area contributed by atoms with E-state index in [0.29, 0.717) is 29.0 Å². The largest absolute Gasteiger partial charge is 0.370 e. The Morgan fingerprint density at radius 3 is 2.86 bits per heavy atom. The zero-order valence-corrected chi connectivity index (χ0v) is 16.7. The third kappa shape index (κ3) is 3.54. The van der Waals surface area contributed by atoms with Gasteiger partial charge in [-0.15, -0.1) is 0 Å². The second kappa shape index (κ2) is 7.76. The lowest BCUT2D eigenvalue weighted by atomic mass is 10.1. The average Bonchev–Trinajstić information content (AvgIpc) is 2.74. The summed E-state index contributed by atoms with van der Waals surface area (Å²) >= 11 is 0. The highest BCUT2D eigenvalue weighted by molar-refractivity contribution is 6.00. The minimum atomic E-state index is -0.328. The quantitative estimate of drug-likeness (QED) is 0.359. The van der Waals surface area contributed by atoms with Crippen LogP contribution in [0.15, 0.2) is 29.2 Å². The first-order valence-corrected chi connectivity index (χ1v) is 9.78. The minimum absolute atomic E-state index is 0.216. The highest BCUT2D eigenvalue weighted by atomic mass is 16.5. The van der Waals surface area contributed by atoms with Crippen molar-refractivity contribution in [1.29, 1.82) is 0 Å². The number of morpholine rings is 1. The van der Waals surface area contributed by atoms with Crippen molar-refractivity contribution >= 4 is 28.4 Å². The number of aryl methyl sites for hydroxylation is 1. The molecule has 9 nitrogen and oxygen atoms in total. The maximum absolute atomic E-state index is 13.2. The first-order chi connectivity index (χ1) is 14.0. The molecule has 0 bridgehead atoms. The van der Waals surface area contributed by atoms with Crippen LogP contribution in [0.2, 0.25) is 0 Å². The van der Waals surface area contributed by atoms with Crippen LogP contribution >= 0.6 is 0 Å². The number of pyridine rings is 2. The molecule has 0 aliphatic carbocycles. The van der Waals surface area contributed by atoms with Crippen LogP contribution in [0.25, 0.3) is 16.7 Å². The predicted molar refractivity (Wildman–Crippen MR) is 108 cm³/mol. The first kappa shape index (κ1) is 19.3. The maximum atomic E-state index is 13.2. The Kier molecular flexibility index (Phi) is 5.16. The molecule has 1 aliphatic rings. The van der Waals surface area contributed by atoms with Gasteiger partial charge in [-0.3, -0.25) is 14.0 Å². The highest BCUT2D eigenvalue weighted by Gasteiger charge is 2.25. The lowest BCUT2D eigenvalue weighted by Gasteiger charge is -2.23. The Morgan fingerprint density at radius 2 is 2.14 bits per heavy atom. The summed E-state index contributed by atoms with van der Waals surface area (Å²) in [6.07, 6.45) is 1.75. The molecule has 0 saturated carbocycles. The van der Waals surface area contributed by atoms with Crippen molar-refractivity contribution in [3.8, 4) is 0 Å². The van der Waals surface area contributed by atoms with Gasteiger partial charge >= 0.3 is 0 Å². The van der Waals surface area contributed by atoms with E-state index >= 15 is 0 Å². The number of ether oxygens (including phenoxy) is 1. The van der Waals surface area contributed by atoms with Crippen LogP contribution in [0, 0.1) is 6.92 Å². The van der Waals surface area contributed by atoms with Gasteiger partial charge in [0, 0.05) is 13.2 Å². The van der Waals surface area contributed by atoms with Gasteiger partial charge in [0.25, 0.3) is 17.1 Å². The lowest BCUT2D eigenvalue weighted by Crippen LogP contribution is -3.14. The third-order valence-electron chi connectivity index (χ3n) is 5.46. The summed E-state index contributed by atoms with van der Waals surface area (Å²) in [7, 11) is 1.54. The van der Waals surface area contributed by atoms with E-state index in [2.05, 4.69) is 5.32 Å². The van der Waals surface area contributed by atoms with Gasteiger partial charge in [-0.25, -0.2) is 4.57 Å². The molecule has 4 heterocycles. The number of nitrogens with two attached hydrogens (primary N) is 1. The molecule has 0 unspecified atom stereocenters. The van der Waals surface area contributed by atoms with Gasteiger partial charge in [-0.1, -0.05) is 11.1 Å². The number of carbonyl (C=O) groups is 1. The molecule has 3 aromatic rings. The summed E-state index contributed by atoms with van der Waals surface area (Å²) in [5.41, 5.74) is 8.44. The number of rotatable bonds is 4. The Morgan fingerprint density at radius 1 is 1.38 bits per heavy atom. The number of hydrogen-bond donors (Lipinski definition) is 3. The van der Waals surface area contributed by atoms with Crippen molar-refractivity contribution in [1.82, 2.24) is 14.7 Å². The van der Waals surface area contributed by atoms with Gasteiger partial charge in [0.2, 0.25) is 11.5 Å². The third-order valence-corrected chi connectivity index (χ3v) is 5.46. The molecular weight excluding hydrogens is 372 g/mol. The molecule has 9 heteroatoms. The summed E-state index contributed by atoms with van der Waals surface area (Å²) in [5, 5.41) is 2.98. The van der Waals surface area contributed by atoms with Crippen molar-refractivity contribution in [3.63, 3.8) is 0 Å². The van der Waals surface area contributed by atoms with Crippen LogP contribution in [0.4, 0.5) is 5.82 Å². The minimum Gasteiger partial charge on any atom is -0.370 e. The number of quaternary nitrogens is 1. The lowest BCUT2D eigenvalue weighted by molar-refractivity contribution is -0.923. The Balaban J connectivity index is 1.91. The van der Waals surface area contributed by atoms with E-state index in [0.717, 1.165) is 38.4 Å². The first-order valence-electron chi connectivity index (χ1n) is 9.78. The van der Waals surface area contributed by atoms with Crippen LogP contribution in [0.5, 0.6) is 0 Å². The highest BCUT2D eigenvalue weighted by Crippen LogP contribution is 2.14. The van der Waals surface area contributed by atoms with Gasteiger partial charge in [0.1, 0.15) is 37.1 Å². The zero-order chi connectivity index (χ0) is 20.5. The molecule has 29 heavy (non-hydrogen) atoms. The molecule has 1 aliphatic heterocycles. The van der Waals surface area contributed by atoms with E-state index in [1.807, 2.05) is 19.1 Å². The Labute approximate surface area is 167 Å². The number of aromatic nitrogens is 3. The van der Waals surface area contributed by atoms with Crippen LogP contribution < -0.4 is 26.1 Å². The summed E-state index contributed by atoms with van der Waals surface area (Å²) in [4.78, 5) is 31.7. The standard InChI is InChI=1S/C20H24N6O3/c1-13-3-4-16-23-18-15(20(28)26(16)12-13)11-14(19(27)22-2)17(21)25(18)6-5-24-7-9-29-10-8-24/h3-4,11-12,21H,5-10H2,1-2H3,(H,22,27)/p+2. The number of carbonyl (C=O) groups excluding carboxylic acids is 1. The van der Waals surface area contributed by atoms with Gasteiger partial charge in [0.05, 0.1) is 13.2 Å². The van der Waals surface area contributed by atoms with Crippen molar-refractivity contribution < 1.29 is 19.0 Å². The van der Waals surface area contributed by atoms with E-state index < -0.39 is 0 Å². The molecular formula is C20H26N6O3+2. The molecule has 0 aromatic carbocycles. The second-order valence-corrected chi connectivity index (χ2v) is 7.38. The number of amides is 1. The molecule has 4 rings (SSSR count). The molecule has 1 saturated heterocycles. The van der Waals surface area contributed by atoms with Gasteiger partial charge < -0.3 is 20.7 Å². The number of fused-ring (bicyclic) bond motifs is 2. The van der Waals surface area contributed by atoms with Crippen LogP contribution in [0.3, 0.4) is 0 Å². The predicted octanol–water partition coefficient (Wildman–Crippen LogP) is -1.70. The monoisotopic (exact) mass is 398 g/mol. The normalized spacial score (nSPS) is 15.1. The summed E-state index contributed by atoms with van der Waals surface area (Å²) < 4.78 is 8.73. The van der Waals surface area contributed by atoms with Crippen LogP contribution in [-0.4, -0.2) is 55.2 Å². The number of anilines is 1. The smallest absolute Gasteiger partial charge is 0.278 e. The molecule has 0 spiro atoms. The molecule has 4 N–H and O–H groups in total. The van der Waals surface area contributed by atoms with Crippen molar-refractivity contribution in [2.75, 3.05) is 45.6 Å². The van der Waals surface area contributed by atoms with Gasteiger partial charge in [-0.05, 0) is 24.6 Å². The van der Waals surface area contributed by atoms with Gasteiger partial charge in [-0.2, -0.15) is 0 Å². The van der Waals surface area contributed by atoms with Crippen LogP contribution in [0.1, 0.15) is 15.9 Å². The van der Waals surface area contributed by atoms with E-state index in [-0.39, 0.29) is 17.0 Å². The van der Waals surface area contributed by atoms with Gasteiger partial charge in [0.15, 0.2) is 0 Å². The Hall–Kier alpha value is -3.04. The second-order valence-electron chi connectivity index (χ2n) is 7.38. The number of hydrogen-bond acceptors (Lipinski definition) is 5. The molecule has 0 atom stereocenters. The number of nitrogen functional groups attached to an aromatic ring is 1. The Bertz CT molecular complexity index is 1150. The fourth-order valence-corrected chi connectivity index (χ4v) is 3.78. The van der Waals surface area contributed by atoms with E-state index in [9.17, 15) is 9.59 Å². The van der Waals surface area contributed by atoms with Crippen molar-refractivity contribution in [3.05, 3.63) is 45.9 Å². The van der Waals surface area contributed by atoms with Crippen molar-refractivity contribution in [2.24, 2.45) is 0 Å². The fourth-order valence-electron chi connectivity index (χ4n) is 3.78. The van der Waals surface area contributed by atoms with E-state index in [4.69, 9.17) is 15.5 Å². The molecule has 0 radical (unpaired) electrons. The zero-order valence-electron chi connectivity index (χ0n) is 16.7. The molecule has 1 amide bonds. The topological polar surface area (TPSA) is 107 Å². The fraction of sp³-hybridized carbons (Fsp3) is 0.400. The number of nitrogens with one attached hydrogen (secondary N) is 2. The summed E-state index contributed by atoms with van der Waals surface area (Å²) in [6, 6.07) is 5.28. The van der Waals surface area contributed by atoms with Crippen LogP contribution in [-0.2, 0) is 11.3 Å².